The highest BCUT2D eigenvalue weighted by atomic mass is 35.5. The highest BCUT2D eigenvalue weighted by Gasteiger charge is 2.30. The summed E-state index contributed by atoms with van der Waals surface area (Å²) in [6.07, 6.45) is -0.861. The molecule has 0 amide bonds. The minimum absolute atomic E-state index is 0. The standard InChI is InChI=1S/C12H18FNO2.ClH/c1-12(2,3)11(16)10(14)8-6-7(13)4-5-9(8)15;/h4-6,10-11,15-16H,14H2,1-3H3;1H/t10-,11-;/m1./s1. The number of phenolic OH excluding ortho intramolecular Hbond substituents is 1. The molecule has 1 aromatic rings. The van der Waals surface area contributed by atoms with Gasteiger partial charge in [-0.1, -0.05) is 20.8 Å². The summed E-state index contributed by atoms with van der Waals surface area (Å²) in [4.78, 5) is 0. The van der Waals surface area contributed by atoms with Crippen molar-refractivity contribution in [2.45, 2.75) is 32.9 Å². The van der Waals surface area contributed by atoms with Crippen LogP contribution in [0, 0.1) is 11.2 Å². The van der Waals surface area contributed by atoms with E-state index in [1.807, 2.05) is 20.8 Å². The molecule has 1 rings (SSSR count). The predicted octanol–water partition coefficient (Wildman–Crippen LogP) is 2.36. The average molecular weight is 264 g/mol. The van der Waals surface area contributed by atoms with Crippen molar-refractivity contribution in [2.24, 2.45) is 11.1 Å². The van der Waals surface area contributed by atoms with Crippen LogP contribution in [0.2, 0.25) is 0 Å². The molecular formula is C12H19ClFNO2. The van der Waals surface area contributed by atoms with Crippen molar-refractivity contribution in [1.82, 2.24) is 0 Å². The lowest BCUT2D eigenvalue weighted by atomic mass is 9.82. The number of rotatable bonds is 2. The van der Waals surface area contributed by atoms with Gasteiger partial charge in [0.2, 0.25) is 0 Å². The maximum absolute atomic E-state index is 13.0. The van der Waals surface area contributed by atoms with Gasteiger partial charge in [0.05, 0.1) is 12.1 Å². The first kappa shape index (κ1) is 16.2. The van der Waals surface area contributed by atoms with Crippen LogP contribution in [0.4, 0.5) is 4.39 Å². The fraction of sp³-hybridized carbons (Fsp3) is 0.500. The second-order valence-electron chi connectivity index (χ2n) is 5.04. The normalized spacial score (nSPS) is 14.9. The van der Waals surface area contributed by atoms with E-state index in [1.165, 1.54) is 6.07 Å². The Kier molecular flexibility index (Phi) is 5.39. The summed E-state index contributed by atoms with van der Waals surface area (Å²) >= 11 is 0. The van der Waals surface area contributed by atoms with Gasteiger partial charge in [-0.3, -0.25) is 0 Å². The Balaban J connectivity index is 0.00000256. The van der Waals surface area contributed by atoms with E-state index >= 15 is 0 Å². The molecule has 0 heterocycles. The molecule has 17 heavy (non-hydrogen) atoms. The summed E-state index contributed by atoms with van der Waals surface area (Å²) in [7, 11) is 0. The molecule has 2 atom stereocenters. The third-order valence-corrected chi connectivity index (χ3v) is 2.58. The molecule has 0 unspecified atom stereocenters. The van der Waals surface area contributed by atoms with Crippen LogP contribution < -0.4 is 5.73 Å². The van der Waals surface area contributed by atoms with E-state index in [-0.39, 0.29) is 23.7 Å². The van der Waals surface area contributed by atoms with Crippen LogP contribution in [0.5, 0.6) is 5.75 Å². The lowest BCUT2D eigenvalue weighted by Gasteiger charge is -2.31. The summed E-state index contributed by atoms with van der Waals surface area (Å²) < 4.78 is 13.0. The summed E-state index contributed by atoms with van der Waals surface area (Å²) in [6, 6.07) is 2.72. The third kappa shape index (κ3) is 3.84. The lowest BCUT2D eigenvalue weighted by molar-refractivity contribution is 0.0394. The van der Waals surface area contributed by atoms with Crippen LogP contribution in [0.1, 0.15) is 32.4 Å². The molecule has 1 aromatic carbocycles. The first-order valence-electron chi connectivity index (χ1n) is 5.15. The Hall–Kier alpha value is -0.840. The Bertz CT molecular complexity index is 379. The number of benzene rings is 1. The van der Waals surface area contributed by atoms with E-state index in [0.717, 1.165) is 12.1 Å². The molecule has 0 aliphatic rings. The molecule has 0 radical (unpaired) electrons. The van der Waals surface area contributed by atoms with Gasteiger partial charge in [-0.25, -0.2) is 4.39 Å². The molecule has 0 aliphatic heterocycles. The van der Waals surface area contributed by atoms with Gasteiger partial charge in [0.1, 0.15) is 11.6 Å². The minimum Gasteiger partial charge on any atom is -0.508 e. The number of aliphatic hydroxyl groups excluding tert-OH is 1. The maximum Gasteiger partial charge on any atom is 0.123 e. The van der Waals surface area contributed by atoms with Crippen LogP contribution in [-0.4, -0.2) is 16.3 Å². The molecule has 3 nitrogen and oxygen atoms in total. The fourth-order valence-electron chi connectivity index (χ4n) is 1.50. The minimum atomic E-state index is -0.861. The number of halogens is 2. The van der Waals surface area contributed by atoms with Crippen LogP contribution in [0.25, 0.3) is 0 Å². The van der Waals surface area contributed by atoms with Gasteiger partial charge in [-0.2, -0.15) is 0 Å². The van der Waals surface area contributed by atoms with E-state index < -0.39 is 23.4 Å². The van der Waals surface area contributed by atoms with Crippen LogP contribution >= 0.6 is 12.4 Å². The fourth-order valence-corrected chi connectivity index (χ4v) is 1.50. The zero-order chi connectivity index (χ0) is 12.5. The predicted molar refractivity (Wildman–Crippen MR) is 67.7 cm³/mol. The van der Waals surface area contributed by atoms with E-state index in [0.29, 0.717) is 0 Å². The molecule has 0 saturated carbocycles. The van der Waals surface area contributed by atoms with Crippen molar-refractivity contribution in [2.75, 3.05) is 0 Å². The summed E-state index contributed by atoms with van der Waals surface area (Å²) in [5, 5.41) is 19.5. The molecule has 0 bridgehead atoms. The molecule has 0 fully saturated rings. The quantitative estimate of drug-likeness (QED) is 0.767. The zero-order valence-corrected chi connectivity index (χ0v) is 11.0. The first-order valence-corrected chi connectivity index (χ1v) is 5.15. The lowest BCUT2D eigenvalue weighted by Crippen LogP contribution is -2.37. The highest BCUT2D eigenvalue weighted by Crippen LogP contribution is 2.32. The first-order chi connectivity index (χ1) is 7.23. The molecule has 98 valence electrons. The van der Waals surface area contributed by atoms with E-state index in [9.17, 15) is 14.6 Å². The van der Waals surface area contributed by atoms with Crippen molar-refractivity contribution in [3.05, 3.63) is 29.6 Å². The van der Waals surface area contributed by atoms with Gasteiger partial charge in [0, 0.05) is 5.56 Å². The highest BCUT2D eigenvalue weighted by molar-refractivity contribution is 5.85. The number of nitrogens with two attached hydrogens (primary N) is 1. The zero-order valence-electron chi connectivity index (χ0n) is 10.1. The second-order valence-corrected chi connectivity index (χ2v) is 5.04. The summed E-state index contributed by atoms with van der Waals surface area (Å²) in [5.74, 6) is -0.582. The Labute approximate surface area is 107 Å². The summed E-state index contributed by atoms with van der Waals surface area (Å²) in [6.45, 7) is 5.48. The number of hydrogen-bond acceptors (Lipinski definition) is 3. The molecule has 0 spiro atoms. The van der Waals surface area contributed by atoms with Crippen molar-refractivity contribution in [3.8, 4) is 5.75 Å². The van der Waals surface area contributed by atoms with Crippen LogP contribution in [-0.2, 0) is 0 Å². The van der Waals surface area contributed by atoms with Gasteiger partial charge >= 0.3 is 0 Å². The monoisotopic (exact) mass is 263 g/mol. The summed E-state index contributed by atoms with van der Waals surface area (Å²) in [5.41, 5.74) is 5.61. The van der Waals surface area contributed by atoms with Gasteiger partial charge in [0.25, 0.3) is 0 Å². The van der Waals surface area contributed by atoms with Gasteiger partial charge in [-0.15, -0.1) is 12.4 Å². The molecule has 4 N–H and O–H groups in total. The van der Waals surface area contributed by atoms with Crippen LogP contribution in [0.3, 0.4) is 0 Å². The topological polar surface area (TPSA) is 66.5 Å². The Morgan fingerprint density at radius 3 is 2.29 bits per heavy atom. The Morgan fingerprint density at radius 2 is 1.82 bits per heavy atom. The number of aliphatic hydroxyl groups is 1. The largest absolute Gasteiger partial charge is 0.508 e. The third-order valence-electron chi connectivity index (χ3n) is 2.58. The van der Waals surface area contributed by atoms with E-state index in [2.05, 4.69) is 0 Å². The van der Waals surface area contributed by atoms with E-state index in [1.54, 1.807) is 0 Å². The number of aromatic hydroxyl groups is 1. The number of phenols is 1. The smallest absolute Gasteiger partial charge is 0.123 e. The van der Waals surface area contributed by atoms with Gasteiger partial charge in [0.15, 0.2) is 0 Å². The van der Waals surface area contributed by atoms with Gasteiger partial charge in [-0.05, 0) is 23.6 Å². The second kappa shape index (κ2) is 5.67. The SMILES string of the molecule is CC(C)(C)[C@H](O)[C@H](N)c1cc(F)ccc1O.Cl. The average Bonchev–Trinajstić information content (AvgIpc) is 2.18. The van der Waals surface area contributed by atoms with Crippen molar-refractivity contribution < 1.29 is 14.6 Å². The Morgan fingerprint density at radius 1 is 1.29 bits per heavy atom. The molecule has 0 aromatic heterocycles. The molecular weight excluding hydrogens is 245 g/mol. The molecule has 5 heteroatoms. The number of hydrogen-bond donors (Lipinski definition) is 3. The van der Waals surface area contributed by atoms with Crippen molar-refractivity contribution in [3.63, 3.8) is 0 Å². The molecule has 0 aliphatic carbocycles. The van der Waals surface area contributed by atoms with Gasteiger partial charge < -0.3 is 15.9 Å². The maximum atomic E-state index is 13.0. The van der Waals surface area contributed by atoms with Crippen LogP contribution in [0.15, 0.2) is 18.2 Å². The van der Waals surface area contributed by atoms with Crippen molar-refractivity contribution in [1.29, 1.82) is 0 Å². The van der Waals surface area contributed by atoms with Crippen molar-refractivity contribution >= 4 is 12.4 Å². The van der Waals surface area contributed by atoms with E-state index in [4.69, 9.17) is 5.73 Å². The molecule has 0 saturated heterocycles.